The number of hydrogen-bond donors (Lipinski definition) is 2. The van der Waals surface area contributed by atoms with Crippen molar-refractivity contribution in [3.63, 3.8) is 0 Å². The van der Waals surface area contributed by atoms with Crippen LogP contribution in [0.5, 0.6) is 5.75 Å². The van der Waals surface area contributed by atoms with Crippen molar-refractivity contribution in [1.82, 2.24) is 5.32 Å². The van der Waals surface area contributed by atoms with Gasteiger partial charge in [0.25, 0.3) is 5.91 Å². The van der Waals surface area contributed by atoms with Gasteiger partial charge in [-0.3, -0.25) is 4.79 Å². The average molecular weight is 301 g/mol. The molecule has 1 amide bonds. The van der Waals surface area contributed by atoms with Gasteiger partial charge in [-0.25, -0.2) is 13.6 Å². The molecular weight excluding hydrogens is 284 g/mol. The number of amides is 1. The summed E-state index contributed by atoms with van der Waals surface area (Å²) in [4.78, 5) is 22.2. The summed E-state index contributed by atoms with van der Waals surface area (Å²) < 4.78 is 31.9. The Bertz CT molecular complexity index is 523. The van der Waals surface area contributed by atoms with Crippen molar-refractivity contribution in [2.45, 2.75) is 26.8 Å². The number of aromatic carboxylic acids is 1. The molecule has 0 fully saturated rings. The van der Waals surface area contributed by atoms with Gasteiger partial charge < -0.3 is 15.2 Å². The van der Waals surface area contributed by atoms with Crippen LogP contribution in [0.2, 0.25) is 0 Å². The van der Waals surface area contributed by atoms with Gasteiger partial charge in [0, 0.05) is 6.04 Å². The lowest BCUT2D eigenvalue weighted by molar-refractivity contribution is -0.124. The number of hydrogen-bond acceptors (Lipinski definition) is 3. The van der Waals surface area contributed by atoms with Gasteiger partial charge in [-0.2, -0.15) is 0 Å². The number of nitrogens with one attached hydrogen (secondary N) is 1. The first-order valence-corrected chi connectivity index (χ1v) is 6.36. The number of benzene rings is 1. The number of rotatable bonds is 6. The first kappa shape index (κ1) is 16.9. The monoisotopic (exact) mass is 301 g/mol. The molecule has 0 aliphatic heterocycles. The Morgan fingerprint density at radius 3 is 2.19 bits per heavy atom. The molecule has 1 atom stereocenters. The fourth-order valence-corrected chi connectivity index (χ4v) is 1.42. The number of carboxylic acids is 1. The van der Waals surface area contributed by atoms with Gasteiger partial charge in [-0.1, -0.05) is 13.8 Å². The second kappa shape index (κ2) is 7.01. The minimum atomic E-state index is -1.46. The zero-order valence-electron chi connectivity index (χ0n) is 11.9. The summed E-state index contributed by atoms with van der Waals surface area (Å²) >= 11 is 0. The van der Waals surface area contributed by atoms with E-state index in [9.17, 15) is 18.4 Å². The van der Waals surface area contributed by atoms with Crippen LogP contribution in [0.25, 0.3) is 0 Å². The van der Waals surface area contributed by atoms with Crippen LogP contribution < -0.4 is 10.1 Å². The van der Waals surface area contributed by atoms with Gasteiger partial charge in [-0.15, -0.1) is 0 Å². The Hall–Kier alpha value is -2.18. The second-order valence-corrected chi connectivity index (χ2v) is 4.96. The molecule has 0 saturated heterocycles. The standard InChI is InChI=1S/C14H17F2NO4/c1-7(2)8(3)17-12(18)6-21-13-10(15)4-9(14(19)20)5-11(13)16/h4-5,7-8H,6H2,1-3H3,(H,17,18)(H,19,20). The smallest absolute Gasteiger partial charge is 0.335 e. The summed E-state index contributed by atoms with van der Waals surface area (Å²) in [6.07, 6.45) is 0. The molecule has 0 saturated carbocycles. The molecule has 1 aromatic rings. The van der Waals surface area contributed by atoms with Gasteiger partial charge in [0.15, 0.2) is 24.0 Å². The highest BCUT2D eigenvalue weighted by atomic mass is 19.1. The summed E-state index contributed by atoms with van der Waals surface area (Å²) in [5, 5.41) is 11.3. The van der Waals surface area contributed by atoms with Crippen molar-refractivity contribution in [3.8, 4) is 5.75 Å². The summed E-state index contributed by atoms with van der Waals surface area (Å²) in [7, 11) is 0. The summed E-state index contributed by atoms with van der Waals surface area (Å²) in [5.74, 6) is -4.88. The first-order valence-electron chi connectivity index (χ1n) is 6.36. The molecule has 0 aliphatic carbocycles. The zero-order valence-corrected chi connectivity index (χ0v) is 11.9. The predicted octanol–water partition coefficient (Wildman–Crippen LogP) is 2.20. The van der Waals surface area contributed by atoms with Crippen molar-refractivity contribution in [2.75, 3.05) is 6.61 Å². The van der Waals surface area contributed by atoms with E-state index >= 15 is 0 Å². The Labute approximate surface area is 120 Å². The quantitative estimate of drug-likeness (QED) is 0.844. The van der Waals surface area contributed by atoms with Crippen LogP contribution in [0.4, 0.5) is 8.78 Å². The Morgan fingerprint density at radius 2 is 1.76 bits per heavy atom. The molecule has 116 valence electrons. The van der Waals surface area contributed by atoms with Crippen LogP contribution in [-0.4, -0.2) is 29.6 Å². The highest BCUT2D eigenvalue weighted by Crippen LogP contribution is 2.23. The molecule has 7 heteroatoms. The molecule has 21 heavy (non-hydrogen) atoms. The number of carbonyl (C=O) groups is 2. The molecular formula is C14H17F2NO4. The van der Waals surface area contributed by atoms with Crippen molar-refractivity contribution < 1.29 is 28.2 Å². The van der Waals surface area contributed by atoms with Gasteiger partial charge in [0.05, 0.1) is 5.56 Å². The minimum Gasteiger partial charge on any atom is -0.478 e. The van der Waals surface area contributed by atoms with E-state index in [-0.39, 0.29) is 12.0 Å². The van der Waals surface area contributed by atoms with E-state index < -0.39 is 41.4 Å². The third-order valence-electron chi connectivity index (χ3n) is 2.98. The molecule has 0 radical (unpaired) electrons. The van der Waals surface area contributed by atoms with E-state index in [1.165, 1.54) is 0 Å². The van der Waals surface area contributed by atoms with Crippen LogP contribution in [-0.2, 0) is 4.79 Å². The third-order valence-corrected chi connectivity index (χ3v) is 2.98. The van der Waals surface area contributed by atoms with Gasteiger partial charge >= 0.3 is 5.97 Å². The maximum atomic E-state index is 13.6. The molecule has 1 unspecified atom stereocenters. The Kier molecular flexibility index (Phi) is 5.63. The van der Waals surface area contributed by atoms with Crippen molar-refractivity contribution in [1.29, 1.82) is 0 Å². The fraction of sp³-hybridized carbons (Fsp3) is 0.429. The molecule has 0 aliphatic rings. The molecule has 2 N–H and O–H groups in total. The zero-order chi connectivity index (χ0) is 16.2. The topological polar surface area (TPSA) is 75.6 Å². The van der Waals surface area contributed by atoms with Gasteiger partial charge in [0.2, 0.25) is 0 Å². The maximum Gasteiger partial charge on any atom is 0.335 e. The van der Waals surface area contributed by atoms with Gasteiger partial charge in [0.1, 0.15) is 0 Å². The van der Waals surface area contributed by atoms with Crippen LogP contribution in [0.15, 0.2) is 12.1 Å². The molecule has 0 heterocycles. The number of halogens is 2. The van der Waals surface area contributed by atoms with E-state index in [0.29, 0.717) is 12.1 Å². The lowest BCUT2D eigenvalue weighted by Crippen LogP contribution is -2.39. The molecule has 1 rings (SSSR count). The molecule has 0 spiro atoms. The molecule has 0 bridgehead atoms. The van der Waals surface area contributed by atoms with Crippen molar-refractivity contribution in [2.24, 2.45) is 5.92 Å². The molecule has 5 nitrogen and oxygen atoms in total. The molecule has 1 aromatic carbocycles. The van der Waals surface area contributed by atoms with Crippen LogP contribution in [0, 0.1) is 17.6 Å². The minimum absolute atomic E-state index is 0.106. The van der Waals surface area contributed by atoms with Crippen molar-refractivity contribution in [3.05, 3.63) is 29.3 Å². The van der Waals surface area contributed by atoms with Crippen LogP contribution in [0.1, 0.15) is 31.1 Å². The maximum absolute atomic E-state index is 13.6. The third kappa shape index (κ3) is 4.70. The molecule has 0 aromatic heterocycles. The average Bonchev–Trinajstić information content (AvgIpc) is 2.37. The lowest BCUT2D eigenvalue weighted by atomic mass is 10.1. The second-order valence-electron chi connectivity index (χ2n) is 4.96. The predicted molar refractivity (Wildman–Crippen MR) is 71.3 cm³/mol. The fourth-order valence-electron chi connectivity index (χ4n) is 1.42. The first-order chi connectivity index (χ1) is 9.72. The summed E-state index contributed by atoms with van der Waals surface area (Å²) in [6, 6.07) is 1.16. The number of carbonyl (C=O) groups excluding carboxylic acids is 1. The Balaban J connectivity index is 2.72. The van der Waals surface area contributed by atoms with E-state index in [2.05, 4.69) is 5.32 Å². The normalized spacial score (nSPS) is 12.1. The van der Waals surface area contributed by atoms with E-state index in [1.54, 1.807) is 6.92 Å². The number of carboxylic acid groups (broad SMARTS) is 1. The lowest BCUT2D eigenvalue weighted by Gasteiger charge is -2.17. The highest BCUT2D eigenvalue weighted by Gasteiger charge is 2.18. The van der Waals surface area contributed by atoms with Crippen molar-refractivity contribution >= 4 is 11.9 Å². The Morgan fingerprint density at radius 1 is 1.24 bits per heavy atom. The van der Waals surface area contributed by atoms with E-state index in [0.717, 1.165) is 0 Å². The van der Waals surface area contributed by atoms with E-state index in [1.807, 2.05) is 13.8 Å². The SMILES string of the molecule is CC(C)C(C)NC(=O)COc1c(F)cc(C(=O)O)cc1F. The summed E-state index contributed by atoms with van der Waals surface area (Å²) in [6.45, 7) is 5.06. The van der Waals surface area contributed by atoms with Gasteiger partial charge in [-0.05, 0) is 25.0 Å². The highest BCUT2D eigenvalue weighted by molar-refractivity contribution is 5.87. The van der Waals surface area contributed by atoms with Crippen LogP contribution in [0.3, 0.4) is 0 Å². The van der Waals surface area contributed by atoms with E-state index in [4.69, 9.17) is 9.84 Å². The number of ether oxygens (including phenoxy) is 1. The van der Waals surface area contributed by atoms with Crippen LogP contribution >= 0.6 is 0 Å². The largest absolute Gasteiger partial charge is 0.478 e. The summed E-state index contributed by atoms with van der Waals surface area (Å²) in [5.41, 5.74) is -0.532.